The third-order valence-electron chi connectivity index (χ3n) is 7.61. The molecule has 0 aliphatic carbocycles. The van der Waals surface area contributed by atoms with Gasteiger partial charge in [-0.2, -0.15) is 9.98 Å². The number of aromatic nitrogens is 3. The van der Waals surface area contributed by atoms with Crippen molar-refractivity contribution in [2.24, 2.45) is 10.9 Å². The Balaban J connectivity index is 1.13. The van der Waals surface area contributed by atoms with E-state index in [1.807, 2.05) is 43.9 Å². The quantitative estimate of drug-likeness (QED) is 0.299. The van der Waals surface area contributed by atoms with Crippen LogP contribution in [-0.2, 0) is 4.79 Å². The van der Waals surface area contributed by atoms with Crippen LogP contribution in [0.4, 0.5) is 34.0 Å². The molecular weight excluding hydrogens is 614 g/mol. The van der Waals surface area contributed by atoms with Gasteiger partial charge in [-0.1, -0.05) is 37.7 Å². The Morgan fingerprint density at radius 1 is 1.16 bits per heavy atom. The number of anilines is 2. The number of halogens is 4. The molecule has 0 spiro atoms. The minimum Gasteiger partial charge on any atom is -0.406 e. The van der Waals surface area contributed by atoms with Gasteiger partial charge in [0.1, 0.15) is 18.2 Å². The van der Waals surface area contributed by atoms with Crippen LogP contribution in [-0.4, -0.2) is 69.8 Å². The second kappa shape index (κ2) is 13.5. The number of aryl methyl sites for hydroxylation is 1. The predicted octanol–water partition coefficient (Wildman–Crippen LogP) is 6.00. The predicted molar refractivity (Wildman–Crippen MR) is 164 cm³/mol. The standard InChI is InChI=1S/C30H33F4N7O3S/c1-18(2)23-9-4-19(3)14-25(23)41-26(42)16-45-29(41)37-28(43)35-15-24(31)20-10-12-39(13-11-20)27-36-17-40(38-27)21-5-7-22(8-6-21)44-30(32,33)34/h4-9,14,17-18,20,24H,10-13,15-16H2,1-3H3,(H,35,43)/b37-29-. The lowest BCUT2D eigenvalue weighted by Gasteiger charge is -2.32. The summed E-state index contributed by atoms with van der Waals surface area (Å²) < 4.78 is 57.7. The Labute approximate surface area is 261 Å². The average Bonchev–Trinajstić information content (AvgIpc) is 3.62. The number of amidine groups is 1. The molecule has 3 aromatic rings. The molecule has 1 aromatic heterocycles. The molecule has 2 saturated heterocycles. The highest BCUT2D eigenvalue weighted by Crippen LogP contribution is 2.34. The third-order valence-corrected chi connectivity index (χ3v) is 8.53. The molecule has 2 aliphatic rings. The van der Waals surface area contributed by atoms with Crippen LogP contribution in [0.25, 0.3) is 5.69 Å². The van der Waals surface area contributed by atoms with Crippen molar-refractivity contribution in [3.63, 3.8) is 0 Å². The zero-order valence-electron chi connectivity index (χ0n) is 24.9. The number of nitrogens with zero attached hydrogens (tertiary/aromatic N) is 6. The van der Waals surface area contributed by atoms with Crippen molar-refractivity contribution in [2.45, 2.75) is 52.1 Å². The third kappa shape index (κ3) is 7.93. The van der Waals surface area contributed by atoms with Crippen molar-refractivity contribution < 1.29 is 31.9 Å². The summed E-state index contributed by atoms with van der Waals surface area (Å²) in [5.74, 6) is -0.0554. The average molecular weight is 648 g/mol. The summed E-state index contributed by atoms with van der Waals surface area (Å²) in [5.41, 5.74) is 3.15. The van der Waals surface area contributed by atoms with Crippen LogP contribution in [0, 0.1) is 12.8 Å². The summed E-state index contributed by atoms with van der Waals surface area (Å²) >= 11 is 1.18. The monoisotopic (exact) mass is 647 g/mol. The molecule has 2 aliphatic heterocycles. The summed E-state index contributed by atoms with van der Waals surface area (Å²) in [6, 6.07) is 10.4. The number of amides is 3. The molecule has 1 unspecified atom stereocenters. The second-order valence-corrected chi connectivity index (χ2v) is 12.1. The molecule has 3 amide bonds. The van der Waals surface area contributed by atoms with E-state index in [2.05, 4.69) is 25.1 Å². The number of nitrogens with one attached hydrogen (secondary N) is 1. The maximum Gasteiger partial charge on any atom is 0.573 e. The number of ether oxygens (including phenoxy) is 1. The molecule has 45 heavy (non-hydrogen) atoms. The molecule has 1 atom stereocenters. The largest absolute Gasteiger partial charge is 0.573 e. The SMILES string of the molecule is Cc1ccc(C(C)C)c(N2C(=O)CS/C2=N\C(=O)NCC(F)C2CCN(c3ncn(-c4ccc(OC(F)(F)F)cc4)n3)CC2)c1. The summed E-state index contributed by atoms with van der Waals surface area (Å²) in [4.78, 5) is 37.2. The molecule has 0 radical (unpaired) electrons. The van der Waals surface area contributed by atoms with E-state index < -0.39 is 18.6 Å². The Morgan fingerprint density at radius 3 is 2.53 bits per heavy atom. The maximum atomic E-state index is 15.2. The Kier molecular flexibility index (Phi) is 9.65. The minimum absolute atomic E-state index is 0.154. The summed E-state index contributed by atoms with van der Waals surface area (Å²) in [6.45, 7) is 6.77. The first-order valence-electron chi connectivity index (χ1n) is 14.5. The van der Waals surface area contributed by atoms with Crippen LogP contribution in [0.5, 0.6) is 5.75 Å². The number of piperidine rings is 1. The zero-order valence-corrected chi connectivity index (χ0v) is 25.7. The summed E-state index contributed by atoms with van der Waals surface area (Å²) in [5, 5.41) is 7.24. The van der Waals surface area contributed by atoms with Gasteiger partial charge in [0.15, 0.2) is 5.17 Å². The Hall–Kier alpha value is -4.14. The highest BCUT2D eigenvalue weighted by Gasteiger charge is 2.33. The molecule has 0 bridgehead atoms. The van der Waals surface area contributed by atoms with Gasteiger partial charge in [0, 0.05) is 13.1 Å². The molecule has 15 heteroatoms. The highest BCUT2D eigenvalue weighted by molar-refractivity contribution is 8.15. The van der Waals surface area contributed by atoms with Gasteiger partial charge in [-0.3, -0.25) is 9.69 Å². The molecule has 0 saturated carbocycles. The lowest BCUT2D eigenvalue weighted by Crippen LogP contribution is -2.41. The Bertz CT molecular complexity index is 1550. The lowest BCUT2D eigenvalue weighted by atomic mass is 9.92. The number of hydrogen-bond acceptors (Lipinski definition) is 7. The van der Waals surface area contributed by atoms with Gasteiger partial charge in [0.05, 0.1) is 23.7 Å². The van der Waals surface area contributed by atoms with E-state index in [1.165, 1.54) is 51.9 Å². The van der Waals surface area contributed by atoms with Crippen molar-refractivity contribution in [3.8, 4) is 11.4 Å². The smallest absolute Gasteiger partial charge is 0.406 e. The maximum absolute atomic E-state index is 15.2. The molecule has 3 heterocycles. The van der Waals surface area contributed by atoms with Crippen molar-refractivity contribution in [3.05, 3.63) is 59.9 Å². The van der Waals surface area contributed by atoms with Crippen LogP contribution in [0.15, 0.2) is 53.8 Å². The number of alkyl halides is 4. The van der Waals surface area contributed by atoms with Gasteiger partial charge in [-0.25, -0.2) is 13.9 Å². The molecule has 2 fully saturated rings. The molecule has 1 N–H and O–H groups in total. The first kappa shape index (κ1) is 32.3. The normalized spacial score (nSPS) is 17.8. The van der Waals surface area contributed by atoms with Crippen molar-refractivity contribution in [1.82, 2.24) is 20.1 Å². The number of rotatable bonds is 8. The topological polar surface area (TPSA) is 105 Å². The van der Waals surface area contributed by atoms with Crippen LogP contribution >= 0.6 is 11.8 Å². The van der Waals surface area contributed by atoms with Gasteiger partial charge in [0.25, 0.3) is 0 Å². The van der Waals surface area contributed by atoms with E-state index >= 15 is 4.39 Å². The van der Waals surface area contributed by atoms with E-state index in [0.717, 1.165) is 11.1 Å². The Morgan fingerprint density at radius 2 is 1.87 bits per heavy atom. The zero-order chi connectivity index (χ0) is 32.3. The molecule has 10 nitrogen and oxygen atoms in total. The van der Waals surface area contributed by atoms with Gasteiger partial charge in [0.2, 0.25) is 11.9 Å². The van der Waals surface area contributed by atoms with Crippen molar-refractivity contribution in [1.29, 1.82) is 0 Å². The van der Waals surface area contributed by atoms with Gasteiger partial charge in [-0.15, -0.1) is 18.3 Å². The number of aliphatic imine (C=N–C) groups is 1. The van der Waals surface area contributed by atoms with E-state index in [1.54, 1.807) is 0 Å². The van der Waals surface area contributed by atoms with E-state index in [0.29, 0.717) is 43.3 Å². The fourth-order valence-electron chi connectivity index (χ4n) is 5.28. The number of carbonyl (C=O) groups is 2. The first-order chi connectivity index (χ1) is 21.4. The number of benzene rings is 2. The van der Waals surface area contributed by atoms with E-state index in [4.69, 9.17) is 0 Å². The summed E-state index contributed by atoms with van der Waals surface area (Å²) in [6.07, 6.45) is -3.60. The number of hydrogen-bond donors (Lipinski definition) is 1. The van der Waals surface area contributed by atoms with Gasteiger partial charge >= 0.3 is 12.4 Å². The summed E-state index contributed by atoms with van der Waals surface area (Å²) in [7, 11) is 0. The van der Waals surface area contributed by atoms with E-state index in [-0.39, 0.29) is 41.0 Å². The molecular formula is C30H33F4N7O3S. The van der Waals surface area contributed by atoms with Gasteiger partial charge in [-0.05, 0) is 73.1 Å². The van der Waals surface area contributed by atoms with Crippen LogP contribution in [0.2, 0.25) is 0 Å². The first-order valence-corrected chi connectivity index (χ1v) is 15.5. The fraction of sp³-hybridized carbons (Fsp3) is 0.433. The molecule has 240 valence electrons. The van der Waals surface area contributed by atoms with Crippen LogP contribution in [0.1, 0.15) is 43.7 Å². The highest BCUT2D eigenvalue weighted by atomic mass is 32.2. The minimum atomic E-state index is -4.77. The van der Waals surface area contributed by atoms with Crippen LogP contribution in [0.3, 0.4) is 0 Å². The van der Waals surface area contributed by atoms with Crippen LogP contribution < -0.4 is 19.9 Å². The molecule has 2 aromatic carbocycles. The lowest BCUT2D eigenvalue weighted by molar-refractivity contribution is -0.274. The van der Waals surface area contributed by atoms with Crippen molar-refractivity contribution >= 4 is 40.5 Å². The van der Waals surface area contributed by atoms with E-state index in [9.17, 15) is 22.8 Å². The number of thioether (sulfide) groups is 1. The number of urea groups is 1. The number of carbonyl (C=O) groups excluding carboxylic acids is 2. The second-order valence-electron chi connectivity index (χ2n) is 11.2. The van der Waals surface area contributed by atoms with Gasteiger partial charge < -0.3 is 15.0 Å². The molecule has 5 rings (SSSR count). The van der Waals surface area contributed by atoms with Crippen molar-refractivity contribution in [2.75, 3.05) is 35.2 Å². The fourth-order valence-corrected chi connectivity index (χ4v) is 6.14.